The van der Waals surface area contributed by atoms with Gasteiger partial charge in [0.1, 0.15) is 0 Å². The molecule has 0 saturated carbocycles. The number of rotatable bonds is 1. The summed E-state index contributed by atoms with van der Waals surface area (Å²) in [5.74, 6) is -0.425. The normalized spacial score (nSPS) is 10.6. The molecule has 17 heavy (non-hydrogen) atoms. The molecule has 0 aliphatic rings. The third kappa shape index (κ3) is 2.25. The van der Waals surface area contributed by atoms with E-state index >= 15 is 0 Å². The summed E-state index contributed by atoms with van der Waals surface area (Å²) in [7, 11) is 0. The zero-order chi connectivity index (χ0) is 12.6. The van der Waals surface area contributed by atoms with Gasteiger partial charge in [0.05, 0.1) is 10.7 Å². The summed E-state index contributed by atoms with van der Waals surface area (Å²) >= 11 is 8.98. The molecular formula is C11H8BrClFN3. The fourth-order valence-electron chi connectivity index (χ4n) is 1.44. The van der Waals surface area contributed by atoms with Crippen LogP contribution >= 0.6 is 27.5 Å². The number of nitrogens with zero attached hydrogens (tertiary/aromatic N) is 2. The molecule has 0 bridgehead atoms. The molecule has 0 radical (unpaired) electrons. The van der Waals surface area contributed by atoms with E-state index in [1.54, 1.807) is 25.3 Å². The lowest BCUT2D eigenvalue weighted by Gasteiger charge is -2.08. The summed E-state index contributed by atoms with van der Waals surface area (Å²) in [5, 5.41) is 0.0269. The number of nitrogen functional groups attached to an aromatic ring is 1. The van der Waals surface area contributed by atoms with Crippen molar-refractivity contribution in [3.05, 3.63) is 39.2 Å². The van der Waals surface area contributed by atoms with Crippen LogP contribution in [0.15, 0.2) is 22.8 Å². The lowest BCUT2D eigenvalue weighted by atomic mass is 10.1. The van der Waals surface area contributed by atoms with Crippen LogP contribution in [0.2, 0.25) is 5.02 Å². The highest BCUT2D eigenvalue weighted by atomic mass is 79.9. The molecular weight excluding hydrogens is 308 g/mol. The third-order valence-corrected chi connectivity index (χ3v) is 3.54. The van der Waals surface area contributed by atoms with Crippen LogP contribution in [-0.2, 0) is 0 Å². The van der Waals surface area contributed by atoms with Gasteiger partial charge in [-0.25, -0.2) is 14.4 Å². The molecule has 0 atom stereocenters. The summed E-state index contributed by atoms with van der Waals surface area (Å²) in [6, 6.07) is 3.26. The van der Waals surface area contributed by atoms with Crippen LogP contribution in [0.4, 0.5) is 10.3 Å². The van der Waals surface area contributed by atoms with E-state index < -0.39 is 5.82 Å². The van der Waals surface area contributed by atoms with E-state index in [4.69, 9.17) is 17.3 Å². The van der Waals surface area contributed by atoms with Crippen molar-refractivity contribution in [1.29, 1.82) is 0 Å². The van der Waals surface area contributed by atoms with Crippen molar-refractivity contribution >= 4 is 33.5 Å². The van der Waals surface area contributed by atoms with Crippen molar-refractivity contribution in [2.75, 3.05) is 5.73 Å². The van der Waals surface area contributed by atoms with Crippen molar-refractivity contribution in [1.82, 2.24) is 9.97 Å². The number of aromatic nitrogens is 2. The predicted molar refractivity (Wildman–Crippen MR) is 69.3 cm³/mol. The average molecular weight is 317 g/mol. The monoisotopic (exact) mass is 315 g/mol. The van der Waals surface area contributed by atoms with E-state index in [-0.39, 0.29) is 11.0 Å². The zero-order valence-corrected chi connectivity index (χ0v) is 11.2. The fourth-order valence-corrected chi connectivity index (χ4v) is 1.91. The van der Waals surface area contributed by atoms with Gasteiger partial charge >= 0.3 is 0 Å². The second-order valence-corrected chi connectivity index (χ2v) is 4.72. The van der Waals surface area contributed by atoms with Gasteiger partial charge in [-0.3, -0.25) is 0 Å². The maximum Gasteiger partial charge on any atom is 0.220 e. The Hall–Kier alpha value is -1.20. The smallest absolute Gasteiger partial charge is 0.220 e. The van der Waals surface area contributed by atoms with Gasteiger partial charge in [0, 0.05) is 16.2 Å². The minimum atomic E-state index is -0.526. The molecule has 1 heterocycles. The fraction of sp³-hybridized carbons (Fsp3) is 0.0909. The first-order chi connectivity index (χ1) is 8.00. The van der Waals surface area contributed by atoms with E-state index in [2.05, 4.69) is 25.9 Å². The van der Waals surface area contributed by atoms with E-state index in [0.29, 0.717) is 15.7 Å². The average Bonchev–Trinajstić information content (AvgIpc) is 2.30. The Balaban J connectivity index is 2.69. The molecule has 0 unspecified atom stereocenters. The van der Waals surface area contributed by atoms with Crippen LogP contribution in [-0.4, -0.2) is 9.97 Å². The molecule has 2 N–H and O–H groups in total. The van der Waals surface area contributed by atoms with E-state index in [1.165, 1.54) is 0 Å². The van der Waals surface area contributed by atoms with Crippen LogP contribution in [0.1, 0.15) is 5.56 Å². The Morgan fingerprint density at radius 1 is 1.41 bits per heavy atom. The van der Waals surface area contributed by atoms with Crippen molar-refractivity contribution in [3.63, 3.8) is 0 Å². The largest absolute Gasteiger partial charge is 0.368 e. The van der Waals surface area contributed by atoms with Gasteiger partial charge in [0.25, 0.3) is 0 Å². The van der Waals surface area contributed by atoms with Crippen LogP contribution in [0.3, 0.4) is 0 Å². The van der Waals surface area contributed by atoms with Crippen LogP contribution in [0.25, 0.3) is 11.3 Å². The Labute approximate surface area is 111 Å². The lowest BCUT2D eigenvalue weighted by molar-refractivity contribution is 0.630. The summed E-state index contributed by atoms with van der Waals surface area (Å²) in [6.45, 7) is 1.78. The Morgan fingerprint density at radius 3 is 2.82 bits per heavy atom. The minimum absolute atomic E-state index is 0.0269. The quantitative estimate of drug-likeness (QED) is 0.818. The summed E-state index contributed by atoms with van der Waals surface area (Å²) in [4.78, 5) is 7.86. The SMILES string of the molecule is Cc1cnc(N)nc1-c1ccc(Br)c(Cl)c1F. The minimum Gasteiger partial charge on any atom is -0.368 e. The highest BCUT2D eigenvalue weighted by Crippen LogP contribution is 2.33. The molecule has 1 aromatic carbocycles. The molecule has 0 aliphatic heterocycles. The number of anilines is 1. The molecule has 0 spiro atoms. The van der Waals surface area contributed by atoms with Gasteiger partial charge in [-0.05, 0) is 40.5 Å². The number of hydrogen-bond donors (Lipinski definition) is 1. The van der Waals surface area contributed by atoms with Crippen molar-refractivity contribution in [3.8, 4) is 11.3 Å². The number of aryl methyl sites for hydroxylation is 1. The Kier molecular flexibility index (Phi) is 3.31. The van der Waals surface area contributed by atoms with Gasteiger partial charge < -0.3 is 5.73 Å². The van der Waals surface area contributed by atoms with Crippen LogP contribution in [0, 0.1) is 12.7 Å². The lowest BCUT2D eigenvalue weighted by Crippen LogP contribution is -1.99. The molecule has 6 heteroatoms. The Bertz CT molecular complexity index is 589. The number of benzene rings is 1. The molecule has 0 fully saturated rings. The summed E-state index contributed by atoms with van der Waals surface area (Å²) in [6.07, 6.45) is 1.55. The van der Waals surface area contributed by atoms with Crippen LogP contribution < -0.4 is 5.73 Å². The highest BCUT2D eigenvalue weighted by molar-refractivity contribution is 9.10. The molecule has 2 rings (SSSR count). The molecule has 1 aromatic heterocycles. The van der Waals surface area contributed by atoms with Gasteiger partial charge in [-0.1, -0.05) is 11.6 Å². The topological polar surface area (TPSA) is 51.8 Å². The first kappa shape index (κ1) is 12.3. The first-order valence-corrected chi connectivity index (χ1v) is 5.90. The molecule has 2 aromatic rings. The summed E-state index contributed by atoms with van der Waals surface area (Å²) in [5.41, 5.74) is 6.99. The van der Waals surface area contributed by atoms with Gasteiger partial charge in [0.2, 0.25) is 5.95 Å². The maximum absolute atomic E-state index is 14.0. The molecule has 0 aliphatic carbocycles. The molecule has 3 nitrogen and oxygen atoms in total. The number of hydrogen-bond acceptors (Lipinski definition) is 3. The van der Waals surface area contributed by atoms with E-state index in [9.17, 15) is 4.39 Å². The number of nitrogens with two attached hydrogens (primary N) is 1. The maximum atomic E-state index is 14.0. The summed E-state index contributed by atoms with van der Waals surface area (Å²) < 4.78 is 14.5. The second kappa shape index (κ2) is 4.58. The van der Waals surface area contributed by atoms with Gasteiger partial charge in [-0.15, -0.1) is 0 Å². The first-order valence-electron chi connectivity index (χ1n) is 4.73. The zero-order valence-electron chi connectivity index (χ0n) is 8.84. The van der Waals surface area contributed by atoms with E-state index in [1.807, 2.05) is 0 Å². The molecule has 0 saturated heterocycles. The molecule has 0 amide bonds. The van der Waals surface area contributed by atoms with Crippen molar-refractivity contribution < 1.29 is 4.39 Å². The van der Waals surface area contributed by atoms with E-state index in [0.717, 1.165) is 5.56 Å². The highest BCUT2D eigenvalue weighted by Gasteiger charge is 2.15. The molecule has 88 valence electrons. The standard InChI is InChI=1S/C11H8BrClFN3/c1-5-4-16-11(15)17-10(5)6-2-3-7(12)8(13)9(6)14/h2-4H,1H3,(H2,15,16,17). The van der Waals surface area contributed by atoms with Crippen molar-refractivity contribution in [2.45, 2.75) is 6.92 Å². The third-order valence-electron chi connectivity index (χ3n) is 2.28. The Morgan fingerprint density at radius 2 is 2.12 bits per heavy atom. The predicted octanol–water partition coefficient (Wildman–Crippen LogP) is 3.59. The number of halogens is 3. The second-order valence-electron chi connectivity index (χ2n) is 3.48. The van der Waals surface area contributed by atoms with Crippen LogP contribution in [0.5, 0.6) is 0 Å². The van der Waals surface area contributed by atoms with Crippen molar-refractivity contribution in [2.24, 2.45) is 0 Å². The van der Waals surface area contributed by atoms with Gasteiger partial charge in [-0.2, -0.15) is 0 Å². The van der Waals surface area contributed by atoms with Gasteiger partial charge in [0.15, 0.2) is 5.82 Å².